The average Bonchev–Trinajstić information content (AvgIpc) is 2.61. The number of benzene rings is 2. The number of carbonyl (C=O) groups excluding carboxylic acids is 1. The van der Waals surface area contributed by atoms with Crippen LogP contribution >= 0.6 is 0 Å². The van der Waals surface area contributed by atoms with Crippen molar-refractivity contribution in [2.75, 3.05) is 19.5 Å². The van der Waals surface area contributed by atoms with Gasteiger partial charge in [-0.25, -0.2) is 0 Å². The molecule has 0 fully saturated rings. The van der Waals surface area contributed by atoms with Gasteiger partial charge < -0.3 is 14.8 Å². The molecule has 0 spiro atoms. The highest BCUT2D eigenvalue weighted by molar-refractivity contribution is 6.05. The number of allylic oxidation sites excluding steroid dienone is 1. The number of hydrogen-bond acceptors (Lipinski definition) is 4. The van der Waals surface area contributed by atoms with Crippen LogP contribution in [0.4, 0.5) is 5.69 Å². The molecule has 0 saturated heterocycles. The Kier molecular flexibility index (Phi) is 6.01. The van der Waals surface area contributed by atoms with E-state index in [1.807, 2.05) is 18.2 Å². The minimum Gasteiger partial charge on any atom is -0.493 e. The Morgan fingerprint density at radius 1 is 1.04 bits per heavy atom. The number of anilines is 1. The molecule has 0 unspecified atom stereocenters. The molecule has 2 aromatic rings. The van der Waals surface area contributed by atoms with Gasteiger partial charge in [-0.05, 0) is 35.7 Å². The minimum absolute atomic E-state index is 0.106. The molecule has 0 aliphatic carbocycles. The van der Waals surface area contributed by atoms with Crippen molar-refractivity contribution >= 4 is 11.5 Å². The van der Waals surface area contributed by atoms with E-state index in [1.54, 1.807) is 38.6 Å². The van der Waals surface area contributed by atoms with E-state index in [-0.39, 0.29) is 5.78 Å². The Morgan fingerprint density at radius 2 is 1.75 bits per heavy atom. The lowest BCUT2D eigenvalue weighted by molar-refractivity contribution is 0.104. The smallest absolute Gasteiger partial charge is 0.187 e. The standard InChI is InChI=1S/C20H23NO3/c1-14(2)16-7-5-6-8-17(16)21-12-11-18(22)15-9-10-19(23-3)20(13-15)24-4/h5-14,21H,1-4H3/b12-11+. The normalized spacial score (nSPS) is 10.9. The molecule has 0 atom stereocenters. The summed E-state index contributed by atoms with van der Waals surface area (Å²) in [6, 6.07) is 13.2. The quantitative estimate of drug-likeness (QED) is 0.595. The first-order valence-electron chi connectivity index (χ1n) is 7.85. The van der Waals surface area contributed by atoms with Crippen LogP contribution in [-0.2, 0) is 0 Å². The van der Waals surface area contributed by atoms with E-state index in [0.29, 0.717) is 23.0 Å². The largest absolute Gasteiger partial charge is 0.493 e. The van der Waals surface area contributed by atoms with Crippen LogP contribution in [0, 0.1) is 0 Å². The van der Waals surface area contributed by atoms with Crippen LogP contribution in [0.2, 0.25) is 0 Å². The van der Waals surface area contributed by atoms with Crippen LogP contribution in [0.25, 0.3) is 0 Å². The van der Waals surface area contributed by atoms with Gasteiger partial charge in [-0.15, -0.1) is 0 Å². The summed E-state index contributed by atoms with van der Waals surface area (Å²) in [5.41, 5.74) is 2.76. The number of methoxy groups -OCH3 is 2. The van der Waals surface area contributed by atoms with Crippen molar-refractivity contribution in [1.82, 2.24) is 0 Å². The van der Waals surface area contributed by atoms with Crippen LogP contribution < -0.4 is 14.8 Å². The van der Waals surface area contributed by atoms with Crippen molar-refractivity contribution in [2.24, 2.45) is 0 Å². The highest BCUT2D eigenvalue weighted by Gasteiger charge is 2.09. The van der Waals surface area contributed by atoms with Crippen LogP contribution in [0.1, 0.15) is 35.7 Å². The molecule has 126 valence electrons. The zero-order valence-electron chi connectivity index (χ0n) is 14.5. The van der Waals surface area contributed by atoms with Gasteiger partial charge in [0.1, 0.15) is 0 Å². The van der Waals surface area contributed by atoms with Gasteiger partial charge in [0.2, 0.25) is 0 Å². The summed E-state index contributed by atoms with van der Waals surface area (Å²) in [4.78, 5) is 12.3. The number of rotatable bonds is 7. The number of para-hydroxylation sites is 1. The van der Waals surface area contributed by atoms with Crippen LogP contribution in [-0.4, -0.2) is 20.0 Å². The van der Waals surface area contributed by atoms with Crippen molar-refractivity contribution in [3.05, 3.63) is 65.9 Å². The molecule has 0 radical (unpaired) electrons. The average molecular weight is 325 g/mol. The van der Waals surface area contributed by atoms with Crippen LogP contribution in [0.5, 0.6) is 11.5 Å². The van der Waals surface area contributed by atoms with E-state index >= 15 is 0 Å². The predicted octanol–water partition coefficient (Wildman–Crippen LogP) is 4.64. The van der Waals surface area contributed by atoms with Gasteiger partial charge >= 0.3 is 0 Å². The zero-order chi connectivity index (χ0) is 17.5. The van der Waals surface area contributed by atoms with E-state index in [2.05, 4.69) is 25.2 Å². The molecule has 0 aliphatic rings. The molecule has 4 nitrogen and oxygen atoms in total. The van der Waals surface area contributed by atoms with Crippen molar-refractivity contribution in [1.29, 1.82) is 0 Å². The molecule has 0 amide bonds. The Balaban J connectivity index is 2.11. The summed E-state index contributed by atoms with van der Waals surface area (Å²) < 4.78 is 10.4. The summed E-state index contributed by atoms with van der Waals surface area (Å²) in [6.45, 7) is 4.28. The first kappa shape index (κ1) is 17.6. The van der Waals surface area contributed by atoms with E-state index < -0.39 is 0 Å². The summed E-state index contributed by atoms with van der Waals surface area (Å²) in [5.74, 6) is 1.44. The minimum atomic E-state index is -0.106. The van der Waals surface area contributed by atoms with Crippen molar-refractivity contribution < 1.29 is 14.3 Å². The van der Waals surface area contributed by atoms with E-state index in [4.69, 9.17) is 9.47 Å². The Morgan fingerprint density at radius 3 is 2.42 bits per heavy atom. The Bertz CT molecular complexity index is 735. The summed E-state index contributed by atoms with van der Waals surface area (Å²) in [5, 5.41) is 3.19. The summed E-state index contributed by atoms with van der Waals surface area (Å²) >= 11 is 0. The molecule has 0 saturated carbocycles. The maximum absolute atomic E-state index is 12.3. The number of ketones is 1. The molecule has 0 aliphatic heterocycles. The number of carbonyl (C=O) groups is 1. The van der Waals surface area contributed by atoms with E-state index in [1.165, 1.54) is 11.6 Å². The Hall–Kier alpha value is -2.75. The molecule has 2 rings (SSSR count). The lowest BCUT2D eigenvalue weighted by Crippen LogP contribution is -2.00. The van der Waals surface area contributed by atoms with Gasteiger partial charge in [0.25, 0.3) is 0 Å². The molecular weight excluding hydrogens is 302 g/mol. The molecule has 24 heavy (non-hydrogen) atoms. The molecule has 1 N–H and O–H groups in total. The molecule has 4 heteroatoms. The van der Waals surface area contributed by atoms with Gasteiger partial charge in [0.05, 0.1) is 14.2 Å². The first-order valence-corrected chi connectivity index (χ1v) is 7.85. The van der Waals surface area contributed by atoms with Gasteiger partial charge in [-0.2, -0.15) is 0 Å². The molecular formula is C20H23NO3. The fourth-order valence-electron chi connectivity index (χ4n) is 2.42. The topological polar surface area (TPSA) is 47.6 Å². The van der Waals surface area contributed by atoms with Crippen LogP contribution in [0.3, 0.4) is 0 Å². The highest BCUT2D eigenvalue weighted by Crippen LogP contribution is 2.28. The predicted molar refractivity (Wildman–Crippen MR) is 97.2 cm³/mol. The third-order valence-electron chi connectivity index (χ3n) is 3.72. The zero-order valence-corrected chi connectivity index (χ0v) is 14.5. The van der Waals surface area contributed by atoms with Crippen LogP contribution in [0.15, 0.2) is 54.7 Å². The lowest BCUT2D eigenvalue weighted by Gasteiger charge is -2.12. The summed E-state index contributed by atoms with van der Waals surface area (Å²) in [6.07, 6.45) is 3.18. The molecule has 0 aromatic heterocycles. The molecule has 0 bridgehead atoms. The second kappa shape index (κ2) is 8.20. The van der Waals surface area contributed by atoms with Gasteiger partial charge in [0.15, 0.2) is 17.3 Å². The highest BCUT2D eigenvalue weighted by atomic mass is 16.5. The monoisotopic (exact) mass is 325 g/mol. The van der Waals surface area contributed by atoms with E-state index in [0.717, 1.165) is 5.69 Å². The van der Waals surface area contributed by atoms with Crippen molar-refractivity contribution in [3.8, 4) is 11.5 Å². The number of ether oxygens (including phenoxy) is 2. The molecule has 0 heterocycles. The molecule has 2 aromatic carbocycles. The second-order valence-electron chi connectivity index (χ2n) is 5.65. The van der Waals surface area contributed by atoms with Crippen molar-refractivity contribution in [2.45, 2.75) is 19.8 Å². The third kappa shape index (κ3) is 4.16. The lowest BCUT2D eigenvalue weighted by atomic mass is 10.0. The first-order chi connectivity index (χ1) is 11.6. The second-order valence-corrected chi connectivity index (χ2v) is 5.65. The fourth-order valence-corrected chi connectivity index (χ4v) is 2.42. The van der Waals surface area contributed by atoms with Crippen molar-refractivity contribution in [3.63, 3.8) is 0 Å². The van der Waals surface area contributed by atoms with Gasteiger partial charge in [0, 0.05) is 23.5 Å². The Labute approximate surface area is 143 Å². The van der Waals surface area contributed by atoms with Gasteiger partial charge in [-0.1, -0.05) is 32.0 Å². The SMILES string of the molecule is COc1ccc(C(=O)/C=C/Nc2ccccc2C(C)C)cc1OC. The number of nitrogens with one attached hydrogen (secondary N) is 1. The fraction of sp³-hybridized carbons (Fsp3) is 0.250. The summed E-state index contributed by atoms with van der Waals surface area (Å²) in [7, 11) is 3.11. The maximum Gasteiger partial charge on any atom is 0.187 e. The number of hydrogen-bond donors (Lipinski definition) is 1. The third-order valence-corrected chi connectivity index (χ3v) is 3.72. The van der Waals surface area contributed by atoms with E-state index in [9.17, 15) is 4.79 Å². The maximum atomic E-state index is 12.3. The van der Waals surface area contributed by atoms with Gasteiger partial charge in [-0.3, -0.25) is 4.79 Å².